The van der Waals surface area contributed by atoms with Gasteiger partial charge in [0.05, 0.1) is 0 Å². The molecule has 0 aromatic rings. The molecule has 0 rings (SSSR count). The van der Waals surface area contributed by atoms with Gasteiger partial charge in [-0.25, -0.2) is 9.36 Å². The largest absolute Gasteiger partial charge is 0.428 e. The van der Waals surface area contributed by atoms with Crippen molar-refractivity contribution >= 4 is 20.1 Å². The zero-order chi connectivity index (χ0) is 9.72. The molecule has 12 heavy (non-hydrogen) atoms. The molecule has 0 spiro atoms. The number of hydrogen-bond donors (Lipinski definition) is 2. The summed E-state index contributed by atoms with van der Waals surface area (Å²) in [7, 11) is -2.95. The molecule has 0 aliphatic carbocycles. The van der Waals surface area contributed by atoms with Crippen molar-refractivity contribution in [2.45, 2.75) is 19.9 Å². The molecule has 2 atom stereocenters. The van der Waals surface area contributed by atoms with Gasteiger partial charge in [0.2, 0.25) is 5.91 Å². The maximum absolute atomic E-state index is 10.7. The average molecular weight is 194 g/mol. The van der Waals surface area contributed by atoms with Crippen LogP contribution < -0.4 is 5.32 Å². The molecule has 1 radical (unpaired) electrons. The van der Waals surface area contributed by atoms with Crippen LogP contribution in [0.15, 0.2) is 0 Å². The summed E-state index contributed by atoms with van der Waals surface area (Å²) in [5.41, 5.74) is 0. The highest BCUT2D eigenvalue weighted by atomic mass is 31.1. The lowest BCUT2D eigenvalue weighted by molar-refractivity contribution is -0.138. The van der Waals surface area contributed by atoms with Crippen LogP contribution in [-0.2, 0) is 18.7 Å². The van der Waals surface area contributed by atoms with E-state index in [1.54, 1.807) is 0 Å². The van der Waals surface area contributed by atoms with E-state index in [0.29, 0.717) is 0 Å². The van der Waals surface area contributed by atoms with Crippen LogP contribution in [0.1, 0.15) is 13.8 Å². The van der Waals surface area contributed by atoms with Crippen molar-refractivity contribution in [2.24, 2.45) is 0 Å². The minimum atomic E-state index is -2.95. The highest BCUT2D eigenvalue weighted by Gasteiger charge is 2.17. The molecule has 0 aromatic heterocycles. The van der Waals surface area contributed by atoms with E-state index in [9.17, 15) is 14.2 Å². The molecule has 0 aliphatic heterocycles. The van der Waals surface area contributed by atoms with Crippen LogP contribution in [0.4, 0.5) is 0 Å². The molecule has 0 bridgehead atoms. The SMILES string of the molecule is CC(=O)N[C@@H](C)C(=O)O[P](=O)O. The van der Waals surface area contributed by atoms with Crippen molar-refractivity contribution in [3.8, 4) is 0 Å². The Bertz CT molecular complexity index is 216. The lowest BCUT2D eigenvalue weighted by atomic mass is 10.3. The van der Waals surface area contributed by atoms with Gasteiger partial charge in [-0.15, -0.1) is 0 Å². The fourth-order valence-corrected chi connectivity index (χ4v) is 0.832. The maximum Gasteiger partial charge on any atom is 0.428 e. The zero-order valence-electron chi connectivity index (χ0n) is 6.60. The molecule has 0 fully saturated rings. The van der Waals surface area contributed by atoms with Crippen LogP contribution in [0.3, 0.4) is 0 Å². The fraction of sp³-hybridized carbons (Fsp3) is 0.600. The van der Waals surface area contributed by atoms with Crippen molar-refractivity contribution in [3.63, 3.8) is 0 Å². The van der Waals surface area contributed by atoms with Gasteiger partial charge in [0.15, 0.2) is 0 Å². The molecule has 1 unspecified atom stereocenters. The summed E-state index contributed by atoms with van der Waals surface area (Å²) in [6.45, 7) is 2.57. The quantitative estimate of drug-likeness (QED) is 0.602. The third kappa shape index (κ3) is 4.76. The summed E-state index contributed by atoms with van der Waals surface area (Å²) in [5.74, 6) is -1.35. The standard InChI is InChI=1S/C5H9NO5P/c1-3(6-4(2)7)5(8)11-12(9)10/h3H,1-2H3,(H,6,7)(H,9,10)/t3-/m0/s1. The van der Waals surface area contributed by atoms with Gasteiger partial charge in [-0.05, 0) is 6.92 Å². The van der Waals surface area contributed by atoms with Crippen LogP contribution in [0, 0.1) is 0 Å². The number of rotatable bonds is 3. The molecule has 0 aromatic carbocycles. The Labute approximate surface area is 69.9 Å². The fourth-order valence-electron chi connectivity index (χ4n) is 0.520. The van der Waals surface area contributed by atoms with Crippen molar-refractivity contribution in [1.29, 1.82) is 0 Å². The second-order valence-electron chi connectivity index (χ2n) is 2.07. The van der Waals surface area contributed by atoms with E-state index in [-0.39, 0.29) is 0 Å². The second-order valence-corrected chi connectivity index (χ2v) is 2.73. The molecule has 0 saturated heterocycles. The maximum atomic E-state index is 10.7. The van der Waals surface area contributed by atoms with E-state index in [4.69, 9.17) is 4.89 Å². The molecule has 2 N–H and O–H groups in total. The highest BCUT2D eigenvalue weighted by Crippen LogP contribution is 2.15. The third-order valence-corrected chi connectivity index (χ3v) is 1.28. The van der Waals surface area contributed by atoms with Gasteiger partial charge in [0, 0.05) is 6.92 Å². The van der Waals surface area contributed by atoms with Crippen LogP contribution in [-0.4, -0.2) is 22.8 Å². The van der Waals surface area contributed by atoms with Gasteiger partial charge < -0.3 is 9.84 Å². The molecule has 69 valence electrons. The zero-order valence-corrected chi connectivity index (χ0v) is 7.50. The summed E-state index contributed by atoms with van der Waals surface area (Å²) in [4.78, 5) is 29.3. The molecular formula is C5H9NO5P. The Morgan fingerprint density at radius 3 is 2.42 bits per heavy atom. The predicted octanol–water partition coefficient (Wildman–Crippen LogP) is -0.296. The van der Waals surface area contributed by atoms with E-state index >= 15 is 0 Å². The van der Waals surface area contributed by atoms with Gasteiger partial charge >= 0.3 is 14.2 Å². The van der Waals surface area contributed by atoms with Crippen molar-refractivity contribution in [3.05, 3.63) is 0 Å². The minimum Gasteiger partial charge on any atom is -0.361 e. The Morgan fingerprint density at radius 2 is 2.08 bits per heavy atom. The smallest absolute Gasteiger partial charge is 0.361 e. The van der Waals surface area contributed by atoms with Crippen LogP contribution >= 0.6 is 8.25 Å². The highest BCUT2D eigenvalue weighted by molar-refractivity contribution is 7.32. The lowest BCUT2D eigenvalue weighted by Gasteiger charge is -2.08. The minimum absolute atomic E-state index is 0.410. The molecular weight excluding hydrogens is 185 g/mol. The number of carbonyl (C=O) groups excluding carboxylic acids is 2. The first-order valence-corrected chi connectivity index (χ1v) is 4.21. The van der Waals surface area contributed by atoms with E-state index in [0.717, 1.165) is 0 Å². The predicted molar refractivity (Wildman–Crippen MR) is 39.2 cm³/mol. The normalized spacial score (nSPS) is 13.1. The summed E-state index contributed by atoms with van der Waals surface area (Å²) < 4.78 is 13.9. The van der Waals surface area contributed by atoms with Crippen LogP contribution in [0.5, 0.6) is 0 Å². The van der Waals surface area contributed by atoms with E-state index < -0.39 is 26.2 Å². The summed E-state index contributed by atoms with van der Waals surface area (Å²) in [6, 6.07) is -0.909. The van der Waals surface area contributed by atoms with Gasteiger partial charge in [0.1, 0.15) is 6.04 Å². The molecule has 6 nitrogen and oxygen atoms in total. The van der Waals surface area contributed by atoms with Crippen molar-refractivity contribution in [2.75, 3.05) is 0 Å². The molecule has 1 amide bonds. The van der Waals surface area contributed by atoms with Gasteiger partial charge in [0.25, 0.3) is 0 Å². The van der Waals surface area contributed by atoms with E-state index in [1.807, 2.05) is 0 Å². The Balaban J connectivity index is 3.93. The van der Waals surface area contributed by atoms with Crippen LogP contribution in [0.25, 0.3) is 0 Å². The molecule has 0 saturated carbocycles. The molecule has 7 heteroatoms. The van der Waals surface area contributed by atoms with Gasteiger partial charge in [-0.2, -0.15) is 0 Å². The Kier molecular flexibility index (Phi) is 4.39. The topological polar surface area (TPSA) is 92.7 Å². The second kappa shape index (κ2) is 4.79. The number of amides is 1. The van der Waals surface area contributed by atoms with Gasteiger partial charge in [-0.3, -0.25) is 9.69 Å². The summed E-state index contributed by atoms with van der Waals surface area (Å²) >= 11 is 0. The first-order valence-electron chi connectivity index (χ1n) is 3.08. The Morgan fingerprint density at radius 1 is 1.58 bits per heavy atom. The van der Waals surface area contributed by atoms with E-state index in [2.05, 4.69) is 9.84 Å². The van der Waals surface area contributed by atoms with Crippen molar-refractivity contribution in [1.82, 2.24) is 5.32 Å². The molecule has 0 heterocycles. The van der Waals surface area contributed by atoms with Gasteiger partial charge in [-0.1, -0.05) is 0 Å². The Hall–Kier alpha value is -1.00. The number of carbonyl (C=O) groups is 2. The number of nitrogens with one attached hydrogen (secondary N) is 1. The first-order chi connectivity index (χ1) is 5.43. The number of hydrogen-bond acceptors (Lipinski definition) is 4. The van der Waals surface area contributed by atoms with Crippen LogP contribution in [0.2, 0.25) is 0 Å². The summed E-state index contributed by atoms with van der Waals surface area (Å²) in [6.07, 6.45) is 0. The summed E-state index contributed by atoms with van der Waals surface area (Å²) in [5, 5.41) is 2.19. The third-order valence-electron chi connectivity index (χ3n) is 0.941. The monoisotopic (exact) mass is 194 g/mol. The lowest BCUT2D eigenvalue weighted by Crippen LogP contribution is -2.37. The molecule has 0 aliphatic rings. The first kappa shape index (κ1) is 11.0. The van der Waals surface area contributed by atoms with Crippen molar-refractivity contribution < 1.29 is 23.6 Å². The average Bonchev–Trinajstić information content (AvgIpc) is 1.84. The van der Waals surface area contributed by atoms with E-state index in [1.165, 1.54) is 13.8 Å².